The van der Waals surface area contributed by atoms with Crippen molar-refractivity contribution in [3.05, 3.63) is 23.8 Å². The van der Waals surface area contributed by atoms with E-state index in [1.54, 1.807) is 14.2 Å². The molecule has 0 bridgehead atoms. The van der Waals surface area contributed by atoms with Crippen LogP contribution in [0.4, 0.5) is 0 Å². The lowest BCUT2D eigenvalue weighted by molar-refractivity contribution is 0.354. The molecular formula is C12H18IN3O2. The molecule has 100 valence electrons. The lowest BCUT2D eigenvalue weighted by Crippen LogP contribution is -2.33. The van der Waals surface area contributed by atoms with Crippen LogP contribution in [0, 0.1) is 0 Å². The number of hydrogen-bond acceptors (Lipinski definition) is 5. The Morgan fingerprint density at radius 3 is 2.67 bits per heavy atom. The van der Waals surface area contributed by atoms with E-state index in [4.69, 9.17) is 9.47 Å². The van der Waals surface area contributed by atoms with Crippen molar-refractivity contribution in [1.29, 1.82) is 0 Å². The monoisotopic (exact) mass is 363 g/mol. The highest BCUT2D eigenvalue weighted by molar-refractivity contribution is 14.0. The number of aliphatic imine (C=N–C) groups is 1. The maximum atomic E-state index is 5.25. The van der Waals surface area contributed by atoms with Gasteiger partial charge in [-0.15, -0.1) is 24.0 Å². The molecule has 0 saturated heterocycles. The molecule has 1 heterocycles. The summed E-state index contributed by atoms with van der Waals surface area (Å²) >= 11 is 0. The van der Waals surface area contributed by atoms with Gasteiger partial charge in [0.2, 0.25) is 0 Å². The van der Waals surface area contributed by atoms with E-state index in [9.17, 15) is 0 Å². The van der Waals surface area contributed by atoms with Gasteiger partial charge in [0, 0.05) is 13.1 Å². The zero-order valence-electron chi connectivity index (χ0n) is 10.5. The summed E-state index contributed by atoms with van der Waals surface area (Å²) in [5.74, 6) is 2.35. The van der Waals surface area contributed by atoms with Crippen molar-refractivity contribution in [2.75, 3.05) is 27.3 Å². The minimum atomic E-state index is 0. The Labute approximate surface area is 124 Å². The summed E-state index contributed by atoms with van der Waals surface area (Å²) in [4.78, 5) is 4.27. The first kappa shape index (κ1) is 14.9. The molecule has 5 nitrogen and oxygen atoms in total. The van der Waals surface area contributed by atoms with Crippen molar-refractivity contribution in [3.8, 4) is 11.5 Å². The second kappa shape index (κ2) is 7.30. The summed E-state index contributed by atoms with van der Waals surface area (Å²) in [5, 5.41) is 6.39. The van der Waals surface area contributed by atoms with Crippen molar-refractivity contribution in [1.82, 2.24) is 10.6 Å². The number of nitrogens with zero attached hydrogens (tertiary/aromatic N) is 1. The average Bonchev–Trinajstić information content (AvgIpc) is 2.89. The minimum absolute atomic E-state index is 0. The number of halogens is 1. The van der Waals surface area contributed by atoms with E-state index in [1.165, 1.54) is 0 Å². The van der Waals surface area contributed by atoms with Gasteiger partial charge in [-0.3, -0.25) is 4.99 Å². The number of nitrogens with one attached hydrogen (secondary N) is 2. The second-order valence-corrected chi connectivity index (χ2v) is 3.70. The molecule has 0 atom stereocenters. The van der Waals surface area contributed by atoms with E-state index >= 15 is 0 Å². The molecule has 1 aromatic carbocycles. The summed E-state index contributed by atoms with van der Waals surface area (Å²) in [5.41, 5.74) is 1.12. The fourth-order valence-corrected chi connectivity index (χ4v) is 1.69. The first-order valence-electron chi connectivity index (χ1n) is 5.56. The van der Waals surface area contributed by atoms with Gasteiger partial charge in [-0.1, -0.05) is 6.07 Å². The van der Waals surface area contributed by atoms with Crippen molar-refractivity contribution in [2.45, 2.75) is 6.54 Å². The second-order valence-electron chi connectivity index (χ2n) is 3.70. The van der Waals surface area contributed by atoms with Crippen LogP contribution >= 0.6 is 24.0 Å². The van der Waals surface area contributed by atoms with E-state index in [1.807, 2.05) is 18.2 Å². The predicted molar refractivity (Wildman–Crippen MR) is 82.1 cm³/mol. The molecule has 18 heavy (non-hydrogen) atoms. The Kier molecular flexibility index (Phi) is 6.03. The van der Waals surface area contributed by atoms with E-state index in [-0.39, 0.29) is 24.0 Å². The molecule has 0 radical (unpaired) electrons. The first-order valence-corrected chi connectivity index (χ1v) is 5.56. The molecule has 0 aliphatic carbocycles. The van der Waals surface area contributed by atoms with Crippen molar-refractivity contribution >= 4 is 29.9 Å². The summed E-state index contributed by atoms with van der Waals surface area (Å²) in [7, 11) is 3.27. The van der Waals surface area contributed by atoms with Crippen LogP contribution in [0.1, 0.15) is 5.56 Å². The number of benzene rings is 1. The van der Waals surface area contributed by atoms with Crippen molar-refractivity contribution < 1.29 is 9.47 Å². The number of hydrogen-bond donors (Lipinski definition) is 2. The highest BCUT2D eigenvalue weighted by atomic mass is 127. The Hall–Kier alpha value is -1.18. The number of methoxy groups -OCH3 is 2. The standard InChI is InChI=1S/C12H17N3O2.HI/c1-16-10-4-3-9(7-11(10)17-2)8-15-12-13-5-6-14-12;/h3-4,7H,5-6,8H2,1-2H3,(H2,13,14,15);1H. The highest BCUT2D eigenvalue weighted by Crippen LogP contribution is 2.27. The van der Waals surface area contributed by atoms with Gasteiger partial charge >= 0.3 is 0 Å². The van der Waals surface area contributed by atoms with E-state index < -0.39 is 0 Å². The number of guanidine groups is 1. The van der Waals surface area contributed by atoms with Crippen LogP contribution in [0.5, 0.6) is 11.5 Å². The molecule has 0 unspecified atom stereocenters. The van der Waals surface area contributed by atoms with Crippen LogP contribution in [0.2, 0.25) is 0 Å². The van der Waals surface area contributed by atoms with Crippen molar-refractivity contribution in [2.24, 2.45) is 4.99 Å². The fourth-order valence-electron chi connectivity index (χ4n) is 1.69. The fraction of sp³-hybridized carbons (Fsp3) is 0.417. The van der Waals surface area contributed by atoms with Crippen molar-refractivity contribution in [3.63, 3.8) is 0 Å². The Bertz CT molecular complexity index is 424. The van der Waals surface area contributed by atoms with Crippen LogP contribution in [0.15, 0.2) is 23.2 Å². The van der Waals surface area contributed by atoms with E-state index in [0.29, 0.717) is 6.54 Å². The lowest BCUT2D eigenvalue weighted by atomic mass is 10.2. The van der Waals surface area contributed by atoms with Crippen LogP contribution in [0.25, 0.3) is 0 Å². The van der Waals surface area contributed by atoms with Crippen LogP contribution in [-0.2, 0) is 6.54 Å². The molecule has 6 heteroatoms. The van der Waals surface area contributed by atoms with Crippen LogP contribution in [-0.4, -0.2) is 33.3 Å². The first-order chi connectivity index (χ1) is 8.33. The smallest absolute Gasteiger partial charge is 0.191 e. The lowest BCUT2D eigenvalue weighted by Gasteiger charge is -2.10. The molecule has 0 fully saturated rings. The zero-order chi connectivity index (χ0) is 12.1. The minimum Gasteiger partial charge on any atom is -0.493 e. The quantitative estimate of drug-likeness (QED) is 0.794. The van der Waals surface area contributed by atoms with E-state index in [2.05, 4.69) is 15.6 Å². The number of ether oxygens (including phenoxy) is 2. The van der Waals surface area contributed by atoms with Gasteiger partial charge in [-0.2, -0.15) is 0 Å². The van der Waals surface area contributed by atoms with E-state index in [0.717, 1.165) is 36.1 Å². The third-order valence-electron chi connectivity index (χ3n) is 2.58. The molecule has 0 spiro atoms. The molecule has 2 rings (SSSR count). The van der Waals surface area contributed by atoms with Gasteiger partial charge in [-0.05, 0) is 17.7 Å². The molecule has 1 aliphatic heterocycles. The Morgan fingerprint density at radius 2 is 2.06 bits per heavy atom. The SMILES string of the molecule is COc1ccc(CNC2=NCCN2)cc1OC.I. The zero-order valence-corrected chi connectivity index (χ0v) is 12.9. The molecule has 0 aromatic heterocycles. The van der Waals surface area contributed by atoms with Crippen LogP contribution in [0.3, 0.4) is 0 Å². The predicted octanol–water partition coefficient (Wildman–Crippen LogP) is 1.37. The topological polar surface area (TPSA) is 54.9 Å². The van der Waals surface area contributed by atoms with Gasteiger partial charge in [0.25, 0.3) is 0 Å². The largest absolute Gasteiger partial charge is 0.493 e. The molecule has 2 N–H and O–H groups in total. The normalized spacial score (nSPS) is 13.1. The summed E-state index contributed by atoms with van der Waals surface area (Å²) < 4.78 is 10.4. The molecule has 0 amide bonds. The number of rotatable bonds is 4. The highest BCUT2D eigenvalue weighted by Gasteiger charge is 2.06. The maximum absolute atomic E-state index is 5.25. The molecule has 0 saturated carbocycles. The summed E-state index contributed by atoms with van der Waals surface area (Å²) in [6.07, 6.45) is 0. The van der Waals surface area contributed by atoms with Crippen LogP contribution < -0.4 is 20.1 Å². The maximum Gasteiger partial charge on any atom is 0.191 e. The van der Waals surface area contributed by atoms with Gasteiger partial charge in [0.05, 0.1) is 20.8 Å². The Morgan fingerprint density at radius 1 is 1.28 bits per heavy atom. The summed E-state index contributed by atoms with van der Waals surface area (Å²) in [6, 6.07) is 5.87. The van der Waals surface area contributed by atoms with Gasteiger partial charge < -0.3 is 20.1 Å². The third-order valence-corrected chi connectivity index (χ3v) is 2.58. The molecule has 1 aromatic rings. The van der Waals surface area contributed by atoms with Gasteiger partial charge in [-0.25, -0.2) is 0 Å². The molecule has 1 aliphatic rings. The average molecular weight is 363 g/mol. The van der Waals surface area contributed by atoms with Gasteiger partial charge in [0.15, 0.2) is 17.5 Å². The third kappa shape index (κ3) is 3.66. The Balaban J connectivity index is 0.00000162. The molecular weight excluding hydrogens is 345 g/mol. The van der Waals surface area contributed by atoms with Gasteiger partial charge in [0.1, 0.15) is 0 Å². The summed E-state index contributed by atoms with van der Waals surface area (Å²) in [6.45, 7) is 2.47.